The topological polar surface area (TPSA) is 78.4 Å². The molecule has 0 aromatic heterocycles. The van der Waals surface area contributed by atoms with Crippen molar-refractivity contribution < 1.29 is 19.1 Å². The van der Waals surface area contributed by atoms with Gasteiger partial charge in [0, 0.05) is 28.4 Å². The second-order valence-electron chi connectivity index (χ2n) is 8.58. The van der Waals surface area contributed by atoms with Gasteiger partial charge in [-0.1, -0.05) is 18.5 Å². The standard InChI is InChI=1S/C24H26ClFN2O3/c1-2-20(28-24(31)13-3-5-15(25)6-4-13)23-18-11-17(12-19(18)23)27-21-8-7-16(26)9-14(21)10-22(29)30/h3-9,17-20,23,27H,2,10-12H2,1H3,(H,28,31)(H,29,30)/t17-,18-,19+,20?,23+. The lowest BCUT2D eigenvalue weighted by molar-refractivity contribution is -0.136. The monoisotopic (exact) mass is 444 g/mol. The Hall–Kier alpha value is -2.60. The fourth-order valence-electron chi connectivity index (χ4n) is 5.16. The van der Waals surface area contributed by atoms with Crippen molar-refractivity contribution in [3.05, 3.63) is 64.4 Å². The van der Waals surface area contributed by atoms with Gasteiger partial charge in [-0.25, -0.2) is 4.39 Å². The molecule has 0 saturated heterocycles. The number of aliphatic carboxylic acids is 1. The van der Waals surface area contributed by atoms with Crippen LogP contribution in [-0.2, 0) is 11.2 Å². The smallest absolute Gasteiger partial charge is 0.307 e. The molecule has 1 amide bonds. The number of carboxylic acids is 1. The summed E-state index contributed by atoms with van der Waals surface area (Å²) in [5, 5.41) is 16.3. The summed E-state index contributed by atoms with van der Waals surface area (Å²) in [6.07, 6.45) is 2.59. The number of nitrogens with one attached hydrogen (secondary N) is 2. The molecule has 2 aromatic rings. The number of benzene rings is 2. The second kappa shape index (κ2) is 8.87. The Bertz CT molecular complexity index is 969. The number of amides is 1. The fourth-order valence-corrected chi connectivity index (χ4v) is 5.29. The van der Waals surface area contributed by atoms with Crippen molar-refractivity contribution in [3.8, 4) is 0 Å². The van der Waals surface area contributed by atoms with Crippen molar-refractivity contribution in [2.24, 2.45) is 17.8 Å². The predicted octanol–water partition coefficient (Wildman–Crippen LogP) is 4.75. The van der Waals surface area contributed by atoms with Crippen LogP contribution in [0.2, 0.25) is 5.02 Å². The zero-order chi connectivity index (χ0) is 22.1. The van der Waals surface area contributed by atoms with E-state index in [1.54, 1.807) is 30.3 Å². The lowest BCUT2D eigenvalue weighted by Gasteiger charge is -2.23. The summed E-state index contributed by atoms with van der Waals surface area (Å²) in [6.45, 7) is 2.09. The Morgan fingerprint density at radius 1 is 1.16 bits per heavy atom. The summed E-state index contributed by atoms with van der Waals surface area (Å²) >= 11 is 5.90. The number of fused-ring (bicyclic) bond motifs is 1. The second-order valence-corrected chi connectivity index (χ2v) is 9.02. The van der Waals surface area contributed by atoms with Gasteiger partial charge in [-0.15, -0.1) is 0 Å². The third kappa shape index (κ3) is 4.85. The van der Waals surface area contributed by atoms with E-state index in [-0.39, 0.29) is 24.4 Å². The average molecular weight is 445 g/mol. The first-order valence-electron chi connectivity index (χ1n) is 10.7. The lowest BCUT2D eigenvalue weighted by atomic mass is 9.98. The molecule has 2 saturated carbocycles. The van der Waals surface area contributed by atoms with Crippen LogP contribution in [-0.4, -0.2) is 29.1 Å². The normalized spacial score (nSPS) is 24.9. The molecule has 0 bridgehead atoms. The molecule has 2 aliphatic rings. The van der Waals surface area contributed by atoms with Crippen LogP contribution in [0.3, 0.4) is 0 Å². The molecule has 3 N–H and O–H groups in total. The molecule has 5 nitrogen and oxygen atoms in total. The van der Waals surface area contributed by atoms with Gasteiger partial charge in [-0.2, -0.15) is 0 Å². The molecule has 5 atom stereocenters. The van der Waals surface area contributed by atoms with Gasteiger partial charge in [0.2, 0.25) is 0 Å². The Labute approximate surface area is 186 Å². The van der Waals surface area contributed by atoms with Gasteiger partial charge in [-0.05, 0) is 85.0 Å². The number of hydrogen-bond donors (Lipinski definition) is 3. The van der Waals surface area contributed by atoms with E-state index in [1.165, 1.54) is 12.1 Å². The molecule has 0 spiro atoms. The molecule has 7 heteroatoms. The van der Waals surface area contributed by atoms with Crippen molar-refractivity contribution in [2.45, 2.75) is 44.7 Å². The number of anilines is 1. The first-order chi connectivity index (χ1) is 14.9. The lowest BCUT2D eigenvalue weighted by Crippen LogP contribution is -2.38. The molecule has 0 aliphatic heterocycles. The van der Waals surface area contributed by atoms with Gasteiger partial charge >= 0.3 is 5.97 Å². The molecule has 0 radical (unpaired) electrons. The van der Waals surface area contributed by atoms with Crippen LogP contribution in [0.5, 0.6) is 0 Å². The summed E-state index contributed by atoms with van der Waals surface area (Å²) in [4.78, 5) is 23.7. The third-order valence-electron chi connectivity index (χ3n) is 6.61. The van der Waals surface area contributed by atoms with Gasteiger partial charge < -0.3 is 15.7 Å². The van der Waals surface area contributed by atoms with E-state index in [4.69, 9.17) is 16.7 Å². The van der Waals surface area contributed by atoms with E-state index in [2.05, 4.69) is 17.6 Å². The molecule has 4 rings (SSSR count). The van der Waals surface area contributed by atoms with E-state index in [1.807, 2.05) is 0 Å². The van der Waals surface area contributed by atoms with E-state index in [9.17, 15) is 14.0 Å². The van der Waals surface area contributed by atoms with Crippen LogP contribution in [0, 0.1) is 23.6 Å². The SMILES string of the molecule is CCC(NC(=O)c1ccc(Cl)cc1)[C@H]1[C@@H]2C[C@@H](Nc3ccc(F)cc3CC(=O)O)C[C@@H]21. The fraction of sp³-hybridized carbons (Fsp3) is 0.417. The Balaban J connectivity index is 1.34. The summed E-state index contributed by atoms with van der Waals surface area (Å²) < 4.78 is 13.5. The minimum absolute atomic E-state index is 0.0761. The van der Waals surface area contributed by atoms with Gasteiger partial charge in [0.25, 0.3) is 5.91 Å². The molecule has 164 valence electrons. The Morgan fingerprint density at radius 2 is 1.84 bits per heavy atom. The minimum atomic E-state index is -0.981. The van der Waals surface area contributed by atoms with Crippen molar-refractivity contribution in [2.75, 3.05) is 5.32 Å². The zero-order valence-electron chi connectivity index (χ0n) is 17.3. The maximum atomic E-state index is 13.5. The van der Waals surface area contributed by atoms with Crippen LogP contribution in [0.1, 0.15) is 42.1 Å². The Morgan fingerprint density at radius 3 is 2.45 bits per heavy atom. The molecule has 2 aromatic carbocycles. The van der Waals surface area contributed by atoms with Crippen LogP contribution in [0.4, 0.5) is 10.1 Å². The maximum Gasteiger partial charge on any atom is 0.307 e. The van der Waals surface area contributed by atoms with Crippen LogP contribution in [0.15, 0.2) is 42.5 Å². The number of hydrogen-bond acceptors (Lipinski definition) is 3. The summed E-state index contributed by atoms with van der Waals surface area (Å²) in [7, 11) is 0. The van der Waals surface area contributed by atoms with E-state index in [0.717, 1.165) is 19.3 Å². The number of carboxylic acid groups (broad SMARTS) is 1. The maximum absolute atomic E-state index is 13.5. The van der Waals surface area contributed by atoms with E-state index < -0.39 is 11.8 Å². The third-order valence-corrected chi connectivity index (χ3v) is 6.86. The molecule has 0 heterocycles. The van der Waals surface area contributed by atoms with E-state index >= 15 is 0 Å². The average Bonchev–Trinajstić information content (AvgIpc) is 3.21. The first-order valence-corrected chi connectivity index (χ1v) is 11.1. The van der Waals surface area contributed by atoms with Crippen molar-refractivity contribution in [3.63, 3.8) is 0 Å². The number of carbonyl (C=O) groups is 2. The first kappa shape index (κ1) is 21.6. The van der Waals surface area contributed by atoms with Crippen molar-refractivity contribution in [1.82, 2.24) is 5.32 Å². The highest BCUT2D eigenvalue weighted by Crippen LogP contribution is 2.59. The van der Waals surface area contributed by atoms with E-state index in [0.29, 0.717) is 39.6 Å². The number of halogens is 2. The number of rotatable bonds is 8. The molecular weight excluding hydrogens is 419 g/mol. The molecule has 31 heavy (non-hydrogen) atoms. The summed E-state index contributed by atoms with van der Waals surface area (Å²) in [6, 6.07) is 11.5. The highest BCUT2D eigenvalue weighted by molar-refractivity contribution is 6.30. The molecule has 1 unspecified atom stereocenters. The molecule has 2 fully saturated rings. The van der Waals surface area contributed by atoms with Gasteiger partial charge in [-0.3, -0.25) is 9.59 Å². The zero-order valence-corrected chi connectivity index (χ0v) is 18.0. The highest BCUT2D eigenvalue weighted by atomic mass is 35.5. The van der Waals surface area contributed by atoms with Crippen molar-refractivity contribution >= 4 is 29.2 Å². The number of carbonyl (C=O) groups excluding carboxylic acids is 1. The van der Waals surface area contributed by atoms with Gasteiger partial charge in [0.15, 0.2) is 0 Å². The van der Waals surface area contributed by atoms with Crippen LogP contribution < -0.4 is 10.6 Å². The van der Waals surface area contributed by atoms with Gasteiger partial charge in [0.1, 0.15) is 5.82 Å². The summed E-state index contributed by atoms with van der Waals surface area (Å²) in [5.74, 6) is 0.0510. The van der Waals surface area contributed by atoms with Crippen LogP contribution in [0.25, 0.3) is 0 Å². The largest absolute Gasteiger partial charge is 0.481 e. The van der Waals surface area contributed by atoms with Crippen molar-refractivity contribution in [1.29, 1.82) is 0 Å². The molecular formula is C24H26ClFN2O3. The quantitative estimate of drug-likeness (QED) is 0.549. The highest BCUT2D eigenvalue weighted by Gasteiger charge is 2.58. The van der Waals surface area contributed by atoms with Crippen LogP contribution >= 0.6 is 11.6 Å². The molecule has 2 aliphatic carbocycles. The van der Waals surface area contributed by atoms with Gasteiger partial charge in [0.05, 0.1) is 6.42 Å². The Kier molecular flexibility index (Phi) is 6.19. The summed E-state index contributed by atoms with van der Waals surface area (Å²) in [5.41, 5.74) is 1.76. The minimum Gasteiger partial charge on any atom is -0.481 e. The predicted molar refractivity (Wildman–Crippen MR) is 118 cm³/mol.